The minimum Gasteiger partial charge on any atom is -0.495 e. The second-order valence-electron chi connectivity index (χ2n) is 2.83. The number of ether oxygens (including phenoxy) is 3. The molecule has 0 heterocycles. The maximum atomic E-state index is 5.01. The van der Waals surface area contributed by atoms with Gasteiger partial charge in [-0.2, -0.15) is 0 Å². The lowest BCUT2D eigenvalue weighted by Crippen LogP contribution is -1.94. The van der Waals surface area contributed by atoms with Crippen molar-refractivity contribution in [1.82, 2.24) is 0 Å². The summed E-state index contributed by atoms with van der Waals surface area (Å²) in [5.74, 6) is 0.678. The van der Waals surface area contributed by atoms with Crippen molar-refractivity contribution in [1.29, 1.82) is 0 Å². The highest BCUT2D eigenvalue weighted by Gasteiger charge is 1.80. The molecule has 18 heavy (non-hydrogen) atoms. The molecule has 0 saturated heterocycles. The Morgan fingerprint density at radius 3 is 1.94 bits per heavy atom. The monoisotopic (exact) mass is 258 g/mol. The van der Waals surface area contributed by atoms with Crippen LogP contribution in [-0.2, 0) is 14.2 Å². The van der Waals surface area contributed by atoms with Crippen molar-refractivity contribution < 1.29 is 14.2 Å². The van der Waals surface area contributed by atoms with Crippen molar-refractivity contribution >= 4 is 0 Å². The zero-order valence-electron chi connectivity index (χ0n) is 12.7. The van der Waals surface area contributed by atoms with E-state index >= 15 is 0 Å². The third-order valence-electron chi connectivity index (χ3n) is 1.44. The van der Waals surface area contributed by atoms with Gasteiger partial charge in [0.2, 0.25) is 0 Å². The topological polar surface area (TPSA) is 27.7 Å². The Bertz CT molecular complexity index is 182. The van der Waals surface area contributed by atoms with E-state index < -0.39 is 0 Å². The van der Waals surface area contributed by atoms with E-state index in [1.54, 1.807) is 32.4 Å². The van der Waals surface area contributed by atoms with Crippen LogP contribution in [0.2, 0.25) is 0 Å². The molecule has 0 aliphatic rings. The van der Waals surface area contributed by atoms with Crippen molar-refractivity contribution in [3.8, 4) is 0 Å². The van der Waals surface area contributed by atoms with Crippen molar-refractivity contribution in [3.05, 3.63) is 37.1 Å². The van der Waals surface area contributed by atoms with Crippen LogP contribution >= 0.6 is 0 Å². The predicted molar refractivity (Wildman–Crippen MR) is 79.8 cm³/mol. The fraction of sp³-hybridized carbons (Fsp3) is 0.600. The predicted octanol–water partition coefficient (Wildman–Crippen LogP) is 3.97. The van der Waals surface area contributed by atoms with Crippen LogP contribution in [0.1, 0.15) is 27.2 Å². The van der Waals surface area contributed by atoms with E-state index in [2.05, 4.69) is 13.2 Å². The van der Waals surface area contributed by atoms with Crippen molar-refractivity contribution in [2.24, 2.45) is 0 Å². The van der Waals surface area contributed by atoms with Gasteiger partial charge in [0.05, 0.1) is 6.61 Å². The summed E-state index contributed by atoms with van der Waals surface area (Å²) in [6.07, 6.45) is 6.24. The zero-order valence-corrected chi connectivity index (χ0v) is 12.7. The van der Waals surface area contributed by atoms with Crippen LogP contribution in [0.5, 0.6) is 0 Å². The molecule has 0 N–H and O–H groups in total. The van der Waals surface area contributed by atoms with E-state index in [-0.39, 0.29) is 0 Å². The van der Waals surface area contributed by atoms with E-state index in [0.717, 1.165) is 19.6 Å². The van der Waals surface area contributed by atoms with Gasteiger partial charge in [0.15, 0.2) is 0 Å². The molecule has 0 aromatic rings. The summed E-state index contributed by atoms with van der Waals surface area (Å²) in [6.45, 7) is 15.3. The highest BCUT2D eigenvalue weighted by molar-refractivity contribution is 5.12. The van der Waals surface area contributed by atoms with Gasteiger partial charge in [-0.25, -0.2) is 0 Å². The van der Waals surface area contributed by atoms with Crippen molar-refractivity contribution in [2.75, 3.05) is 34.0 Å². The second kappa shape index (κ2) is 25.0. The molecular weight excluding hydrogens is 228 g/mol. The van der Waals surface area contributed by atoms with Gasteiger partial charge in [-0.15, -0.1) is 0 Å². The zero-order chi connectivity index (χ0) is 14.6. The fourth-order valence-electron chi connectivity index (χ4n) is 0.756. The molecule has 0 atom stereocenters. The Hall–Kier alpha value is -1.06. The average molecular weight is 258 g/mol. The first kappa shape index (κ1) is 22.1. The summed E-state index contributed by atoms with van der Waals surface area (Å²) in [5.41, 5.74) is 0. The fourth-order valence-corrected chi connectivity index (χ4v) is 0.756. The first-order chi connectivity index (χ1) is 8.72. The number of rotatable bonds is 8. The molecule has 0 amide bonds. The Labute approximate surface area is 113 Å². The van der Waals surface area contributed by atoms with E-state index in [0.29, 0.717) is 12.4 Å². The van der Waals surface area contributed by atoms with E-state index in [1.165, 1.54) is 0 Å². The standard InChI is InChI=1S/C8H12O.C5H12O2.C2H6/c1-4-6-7-8(3)9-5-2;1-6-4-3-5-7-2;1-2/h4,6-7H,1,3,5H2,2H3;3-5H2,1-2H3;1-2H3/b7-6-;;. The van der Waals surface area contributed by atoms with Crippen LogP contribution in [0, 0.1) is 0 Å². The summed E-state index contributed by atoms with van der Waals surface area (Å²) in [5, 5.41) is 0. The summed E-state index contributed by atoms with van der Waals surface area (Å²) < 4.78 is 14.5. The molecule has 0 unspecified atom stereocenters. The molecule has 108 valence electrons. The van der Waals surface area contributed by atoms with Gasteiger partial charge in [0, 0.05) is 27.4 Å². The lowest BCUT2D eigenvalue weighted by atomic mass is 10.4. The molecule has 0 aliphatic carbocycles. The van der Waals surface area contributed by atoms with Gasteiger partial charge in [-0.1, -0.05) is 39.2 Å². The average Bonchev–Trinajstić information content (AvgIpc) is 2.40. The minimum atomic E-state index is 0.667. The van der Waals surface area contributed by atoms with Crippen LogP contribution in [0.4, 0.5) is 0 Å². The van der Waals surface area contributed by atoms with Gasteiger partial charge in [-0.05, 0) is 19.4 Å². The largest absolute Gasteiger partial charge is 0.495 e. The summed E-state index contributed by atoms with van der Waals surface area (Å²) in [4.78, 5) is 0. The molecule has 0 saturated carbocycles. The minimum absolute atomic E-state index is 0.667. The molecule has 0 bridgehead atoms. The normalized spacial score (nSPS) is 8.72. The first-order valence-corrected chi connectivity index (χ1v) is 6.31. The Morgan fingerprint density at radius 1 is 1.11 bits per heavy atom. The third-order valence-corrected chi connectivity index (χ3v) is 1.44. The maximum Gasteiger partial charge on any atom is 0.112 e. The van der Waals surface area contributed by atoms with Crippen molar-refractivity contribution in [2.45, 2.75) is 27.2 Å². The Balaban J connectivity index is -0.000000225. The van der Waals surface area contributed by atoms with Crippen LogP contribution in [0.25, 0.3) is 0 Å². The van der Waals surface area contributed by atoms with Crippen molar-refractivity contribution in [3.63, 3.8) is 0 Å². The maximum absolute atomic E-state index is 5.01. The number of hydrogen-bond donors (Lipinski definition) is 0. The SMILES string of the molecule is C=C/C=C\C(=C)OCC.CC.COCCCOC. The first-order valence-electron chi connectivity index (χ1n) is 6.31. The summed E-state index contributed by atoms with van der Waals surface area (Å²) in [7, 11) is 3.38. The number of methoxy groups -OCH3 is 2. The highest BCUT2D eigenvalue weighted by atomic mass is 16.5. The van der Waals surface area contributed by atoms with Crippen LogP contribution in [0.3, 0.4) is 0 Å². The molecule has 0 aromatic heterocycles. The lowest BCUT2D eigenvalue weighted by Gasteiger charge is -1.98. The Morgan fingerprint density at radius 2 is 1.61 bits per heavy atom. The van der Waals surface area contributed by atoms with Gasteiger partial charge < -0.3 is 14.2 Å². The molecule has 0 rings (SSSR count). The van der Waals surface area contributed by atoms with Gasteiger partial charge in [0.25, 0.3) is 0 Å². The van der Waals surface area contributed by atoms with E-state index in [1.807, 2.05) is 20.8 Å². The summed E-state index contributed by atoms with van der Waals surface area (Å²) in [6, 6.07) is 0. The number of hydrogen-bond acceptors (Lipinski definition) is 3. The molecule has 3 heteroatoms. The highest BCUT2D eigenvalue weighted by Crippen LogP contribution is 1.93. The van der Waals surface area contributed by atoms with Crippen LogP contribution in [-0.4, -0.2) is 34.0 Å². The number of allylic oxidation sites excluding steroid dienone is 3. The summed E-state index contributed by atoms with van der Waals surface area (Å²) >= 11 is 0. The molecule has 0 radical (unpaired) electrons. The molecule has 3 nitrogen and oxygen atoms in total. The van der Waals surface area contributed by atoms with Gasteiger partial charge >= 0.3 is 0 Å². The molecule has 0 spiro atoms. The molecule has 0 aromatic carbocycles. The smallest absolute Gasteiger partial charge is 0.112 e. The molecule has 0 aliphatic heterocycles. The molecular formula is C15H30O3. The Kier molecular flexibility index (Phi) is 30.7. The van der Waals surface area contributed by atoms with Gasteiger partial charge in [0.1, 0.15) is 5.76 Å². The quantitative estimate of drug-likeness (QED) is 0.374. The lowest BCUT2D eigenvalue weighted by molar-refractivity contribution is 0.138. The molecule has 0 fully saturated rings. The third kappa shape index (κ3) is 29.4. The van der Waals surface area contributed by atoms with E-state index in [4.69, 9.17) is 14.2 Å². The van der Waals surface area contributed by atoms with E-state index in [9.17, 15) is 0 Å². The second-order valence-corrected chi connectivity index (χ2v) is 2.83. The van der Waals surface area contributed by atoms with Crippen LogP contribution in [0.15, 0.2) is 37.1 Å². The van der Waals surface area contributed by atoms with Gasteiger partial charge in [-0.3, -0.25) is 0 Å². The van der Waals surface area contributed by atoms with Crippen LogP contribution < -0.4 is 0 Å².